The number of H-pyrrole nitrogens is 1. The van der Waals surface area contributed by atoms with Crippen LogP contribution in [0.2, 0.25) is 0 Å². The Bertz CT molecular complexity index is 1080. The first-order chi connectivity index (χ1) is 12.8. The molecule has 0 atom stereocenters. The number of nitrogens with one attached hydrogen (secondary N) is 1. The molecular weight excluding hydrogens is 342 g/mol. The highest BCUT2D eigenvalue weighted by molar-refractivity contribution is 7.18. The van der Waals surface area contributed by atoms with Gasteiger partial charge in [0.1, 0.15) is 4.83 Å². The second-order valence-electron chi connectivity index (χ2n) is 7.14. The first-order valence-electron chi connectivity index (χ1n) is 9.18. The summed E-state index contributed by atoms with van der Waals surface area (Å²) in [7, 11) is 0. The first kappa shape index (κ1) is 16.0. The molecule has 0 aliphatic carbocycles. The molecule has 0 spiro atoms. The van der Waals surface area contributed by atoms with Crippen molar-refractivity contribution in [2.75, 3.05) is 13.2 Å². The van der Waals surface area contributed by atoms with Gasteiger partial charge in [-0.2, -0.15) is 5.10 Å². The van der Waals surface area contributed by atoms with Crippen LogP contribution < -0.4 is 0 Å². The topological polar surface area (TPSA) is 50.8 Å². The first-order valence-corrected chi connectivity index (χ1v) is 10.0. The number of aromatic amines is 1. The summed E-state index contributed by atoms with van der Waals surface area (Å²) in [5.74, 6) is 0.753. The quantitative estimate of drug-likeness (QED) is 0.550. The fourth-order valence-electron chi connectivity index (χ4n) is 3.76. The minimum Gasteiger partial charge on any atom is -0.381 e. The second kappa shape index (κ2) is 6.49. The number of benzene rings is 1. The molecule has 1 fully saturated rings. The standard InChI is InChI=1S/C21H21N3OS/c1-13-18-12-15(2-5-20(18)24-23-13)19-4-3-16-11-17(26-21(16)22-19)10-14-6-8-25-9-7-14/h2-5,11-12,14H,6-10H2,1H3,(H,23,24). The van der Waals surface area contributed by atoms with Gasteiger partial charge in [0, 0.05) is 40.1 Å². The normalized spacial score (nSPS) is 15.9. The zero-order valence-electron chi connectivity index (χ0n) is 14.8. The number of aromatic nitrogens is 3. The van der Waals surface area contributed by atoms with Gasteiger partial charge in [-0.3, -0.25) is 5.10 Å². The molecule has 1 N–H and O–H groups in total. The van der Waals surface area contributed by atoms with E-state index in [0.29, 0.717) is 0 Å². The Hall–Kier alpha value is -2.24. The third kappa shape index (κ3) is 2.91. The minimum atomic E-state index is 0.753. The predicted molar refractivity (Wildman–Crippen MR) is 107 cm³/mol. The van der Waals surface area contributed by atoms with E-state index in [2.05, 4.69) is 53.5 Å². The Morgan fingerprint density at radius 3 is 2.92 bits per heavy atom. The Labute approximate surface area is 156 Å². The number of nitrogens with zero attached hydrogens (tertiary/aromatic N) is 2. The Balaban J connectivity index is 1.47. The lowest BCUT2D eigenvalue weighted by Gasteiger charge is -2.21. The maximum atomic E-state index is 5.48. The monoisotopic (exact) mass is 363 g/mol. The van der Waals surface area contributed by atoms with Crippen molar-refractivity contribution in [2.45, 2.75) is 26.2 Å². The second-order valence-corrected chi connectivity index (χ2v) is 8.26. The number of rotatable bonds is 3. The number of hydrogen-bond donors (Lipinski definition) is 1. The van der Waals surface area contributed by atoms with E-state index in [4.69, 9.17) is 9.72 Å². The molecule has 4 heterocycles. The molecule has 1 aromatic carbocycles. The molecule has 0 radical (unpaired) electrons. The third-order valence-corrected chi connectivity index (χ3v) is 6.37. The Morgan fingerprint density at radius 1 is 1.15 bits per heavy atom. The number of aryl methyl sites for hydroxylation is 1. The van der Waals surface area contributed by atoms with Gasteiger partial charge in [0.15, 0.2) is 0 Å². The summed E-state index contributed by atoms with van der Waals surface area (Å²) in [6.07, 6.45) is 3.51. The van der Waals surface area contributed by atoms with Gasteiger partial charge in [0.2, 0.25) is 0 Å². The molecule has 5 heteroatoms. The van der Waals surface area contributed by atoms with E-state index in [1.54, 1.807) is 0 Å². The lowest BCUT2D eigenvalue weighted by molar-refractivity contribution is 0.0667. The van der Waals surface area contributed by atoms with E-state index in [1.165, 1.54) is 23.1 Å². The molecular formula is C21H21N3OS. The average Bonchev–Trinajstić information content (AvgIpc) is 3.24. The van der Waals surface area contributed by atoms with E-state index in [9.17, 15) is 0 Å². The largest absolute Gasteiger partial charge is 0.381 e. The number of pyridine rings is 1. The fourth-order valence-corrected chi connectivity index (χ4v) is 4.91. The molecule has 132 valence electrons. The molecule has 0 amide bonds. The Morgan fingerprint density at radius 2 is 2.04 bits per heavy atom. The molecule has 0 saturated carbocycles. The van der Waals surface area contributed by atoms with Crippen LogP contribution in [-0.4, -0.2) is 28.4 Å². The van der Waals surface area contributed by atoms with Gasteiger partial charge >= 0.3 is 0 Å². The summed E-state index contributed by atoms with van der Waals surface area (Å²) in [5.41, 5.74) is 4.27. The number of hydrogen-bond acceptors (Lipinski definition) is 4. The molecule has 26 heavy (non-hydrogen) atoms. The number of ether oxygens (including phenoxy) is 1. The van der Waals surface area contributed by atoms with E-state index in [1.807, 2.05) is 11.3 Å². The van der Waals surface area contributed by atoms with Crippen LogP contribution in [0.25, 0.3) is 32.4 Å². The van der Waals surface area contributed by atoms with E-state index < -0.39 is 0 Å². The minimum absolute atomic E-state index is 0.753. The molecule has 4 aromatic rings. The van der Waals surface area contributed by atoms with Crippen molar-refractivity contribution in [1.29, 1.82) is 0 Å². The smallest absolute Gasteiger partial charge is 0.124 e. The fraction of sp³-hybridized carbons (Fsp3) is 0.333. The summed E-state index contributed by atoms with van der Waals surface area (Å²) >= 11 is 1.84. The maximum Gasteiger partial charge on any atom is 0.124 e. The molecule has 0 bridgehead atoms. The molecule has 1 aliphatic rings. The summed E-state index contributed by atoms with van der Waals surface area (Å²) in [6, 6.07) is 13.0. The van der Waals surface area contributed by atoms with Crippen LogP contribution in [0, 0.1) is 12.8 Å². The molecule has 1 saturated heterocycles. The van der Waals surface area contributed by atoms with Crippen molar-refractivity contribution in [3.63, 3.8) is 0 Å². The van der Waals surface area contributed by atoms with E-state index in [0.717, 1.165) is 58.2 Å². The zero-order chi connectivity index (χ0) is 17.5. The van der Waals surface area contributed by atoms with Gasteiger partial charge < -0.3 is 4.74 Å². The van der Waals surface area contributed by atoms with Crippen molar-refractivity contribution in [3.05, 3.63) is 47.0 Å². The van der Waals surface area contributed by atoms with Crippen molar-refractivity contribution in [3.8, 4) is 11.3 Å². The highest BCUT2D eigenvalue weighted by Crippen LogP contribution is 2.31. The lowest BCUT2D eigenvalue weighted by Crippen LogP contribution is -2.17. The van der Waals surface area contributed by atoms with Gasteiger partial charge in [-0.05, 0) is 62.4 Å². The molecule has 0 unspecified atom stereocenters. The van der Waals surface area contributed by atoms with Crippen molar-refractivity contribution >= 4 is 32.5 Å². The summed E-state index contributed by atoms with van der Waals surface area (Å²) < 4.78 is 5.48. The Kier molecular flexibility index (Phi) is 3.98. The van der Waals surface area contributed by atoms with Gasteiger partial charge in [-0.1, -0.05) is 6.07 Å². The van der Waals surface area contributed by atoms with Crippen LogP contribution >= 0.6 is 11.3 Å². The zero-order valence-corrected chi connectivity index (χ0v) is 15.6. The van der Waals surface area contributed by atoms with E-state index >= 15 is 0 Å². The van der Waals surface area contributed by atoms with Crippen LogP contribution in [0.15, 0.2) is 36.4 Å². The molecule has 4 nitrogen and oxygen atoms in total. The molecule has 1 aliphatic heterocycles. The highest BCUT2D eigenvalue weighted by atomic mass is 32.1. The third-order valence-electron chi connectivity index (χ3n) is 5.31. The van der Waals surface area contributed by atoms with Crippen LogP contribution in [0.5, 0.6) is 0 Å². The average molecular weight is 363 g/mol. The SMILES string of the molecule is Cc1[nH]nc2ccc(-c3ccc4cc(CC5CCOCC5)sc4n3)cc12. The van der Waals surface area contributed by atoms with E-state index in [-0.39, 0.29) is 0 Å². The summed E-state index contributed by atoms with van der Waals surface area (Å²) in [6.45, 7) is 3.87. The van der Waals surface area contributed by atoms with Gasteiger partial charge in [-0.25, -0.2) is 4.98 Å². The van der Waals surface area contributed by atoms with Crippen molar-refractivity contribution in [2.24, 2.45) is 5.92 Å². The summed E-state index contributed by atoms with van der Waals surface area (Å²) in [5, 5.41) is 9.77. The maximum absolute atomic E-state index is 5.48. The van der Waals surface area contributed by atoms with Crippen LogP contribution in [0.4, 0.5) is 0 Å². The van der Waals surface area contributed by atoms with Crippen LogP contribution in [-0.2, 0) is 11.2 Å². The van der Waals surface area contributed by atoms with Gasteiger partial charge in [0.05, 0.1) is 11.2 Å². The van der Waals surface area contributed by atoms with Crippen molar-refractivity contribution < 1.29 is 4.74 Å². The predicted octanol–water partition coefficient (Wildman–Crippen LogP) is 5.12. The van der Waals surface area contributed by atoms with Crippen LogP contribution in [0.3, 0.4) is 0 Å². The van der Waals surface area contributed by atoms with Crippen molar-refractivity contribution in [1.82, 2.24) is 15.2 Å². The lowest BCUT2D eigenvalue weighted by atomic mass is 9.96. The molecule has 3 aromatic heterocycles. The number of thiophene rings is 1. The summed E-state index contributed by atoms with van der Waals surface area (Å²) in [4.78, 5) is 7.52. The molecule has 5 rings (SSSR count). The number of fused-ring (bicyclic) bond motifs is 2. The van der Waals surface area contributed by atoms with Gasteiger partial charge in [0.25, 0.3) is 0 Å². The van der Waals surface area contributed by atoms with Gasteiger partial charge in [-0.15, -0.1) is 11.3 Å². The highest BCUT2D eigenvalue weighted by Gasteiger charge is 2.16. The van der Waals surface area contributed by atoms with Crippen LogP contribution in [0.1, 0.15) is 23.4 Å².